The van der Waals surface area contributed by atoms with Crippen molar-refractivity contribution in [1.29, 1.82) is 0 Å². The molecule has 0 bridgehead atoms. The number of aliphatic hydroxyl groups excluding tert-OH is 1. The number of carbonyl (C=O) groups is 1. The molecule has 1 aromatic rings. The zero-order chi connectivity index (χ0) is 14.8. The fraction of sp³-hybridized carbons (Fsp3) is 0.500. The van der Waals surface area contributed by atoms with E-state index in [4.69, 9.17) is 15.2 Å². The van der Waals surface area contributed by atoms with E-state index >= 15 is 0 Å². The van der Waals surface area contributed by atoms with Gasteiger partial charge in [0.05, 0.1) is 19.8 Å². The van der Waals surface area contributed by atoms with Crippen LogP contribution in [0.25, 0.3) is 0 Å². The number of hydrogen-bond donors (Lipinski definition) is 2. The number of anilines is 2. The number of carbonyl (C=O) groups excluding carboxylic acids is 1. The lowest BCUT2D eigenvalue weighted by molar-refractivity contribution is 0.00633. The van der Waals surface area contributed by atoms with Gasteiger partial charge in [0.15, 0.2) is 6.23 Å². The maximum atomic E-state index is 11.8. The van der Waals surface area contributed by atoms with Crippen molar-refractivity contribution in [3.63, 3.8) is 0 Å². The Hall–Kier alpha value is -1.83. The number of aliphatic hydroxyl groups is 1. The Morgan fingerprint density at radius 2 is 2.00 bits per heavy atom. The van der Waals surface area contributed by atoms with E-state index in [9.17, 15) is 9.90 Å². The molecule has 1 amide bonds. The van der Waals surface area contributed by atoms with Crippen LogP contribution < -0.4 is 15.5 Å². The topological polar surface area (TPSA) is 88.3 Å². The Kier molecular flexibility index (Phi) is 3.96. The molecule has 0 spiro atoms. The second-order valence-electron chi connectivity index (χ2n) is 5.12. The number of cyclic esters (lactones) is 1. The largest absolute Gasteiger partial charge is 0.443 e. The van der Waals surface area contributed by atoms with Crippen molar-refractivity contribution in [3.8, 4) is 0 Å². The van der Waals surface area contributed by atoms with Gasteiger partial charge in [-0.1, -0.05) is 0 Å². The zero-order valence-electron chi connectivity index (χ0n) is 11.6. The Bertz CT molecular complexity index is 507. The lowest BCUT2D eigenvalue weighted by Gasteiger charge is -2.34. The summed E-state index contributed by atoms with van der Waals surface area (Å²) in [5, 5.41) is 9.91. The van der Waals surface area contributed by atoms with E-state index in [-0.39, 0.29) is 12.2 Å². The summed E-state index contributed by atoms with van der Waals surface area (Å²) in [7, 11) is 0. The van der Waals surface area contributed by atoms with E-state index < -0.39 is 6.23 Å². The first kappa shape index (κ1) is 14.1. The van der Waals surface area contributed by atoms with Gasteiger partial charge >= 0.3 is 6.09 Å². The van der Waals surface area contributed by atoms with Gasteiger partial charge in [0.25, 0.3) is 0 Å². The summed E-state index contributed by atoms with van der Waals surface area (Å²) in [5.41, 5.74) is 7.19. The van der Waals surface area contributed by atoms with Crippen LogP contribution in [0.3, 0.4) is 0 Å². The summed E-state index contributed by atoms with van der Waals surface area (Å²) < 4.78 is 10.3. The van der Waals surface area contributed by atoms with Crippen LogP contribution in [0.4, 0.5) is 16.2 Å². The third-order valence-corrected chi connectivity index (χ3v) is 3.73. The van der Waals surface area contributed by atoms with E-state index in [0.29, 0.717) is 32.8 Å². The highest BCUT2D eigenvalue weighted by atomic mass is 16.6. The molecule has 0 aromatic heterocycles. The number of ether oxygens (including phenoxy) is 2. The zero-order valence-corrected chi connectivity index (χ0v) is 11.6. The number of amides is 1. The van der Waals surface area contributed by atoms with Crippen molar-refractivity contribution in [2.24, 2.45) is 5.73 Å². The molecule has 0 radical (unpaired) electrons. The average molecular weight is 293 g/mol. The fourth-order valence-electron chi connectivity index (χ4n) is 2.57. The van der Waals surface area contributed by atoms with Gasteiger partial charge in [0.1, 0.15) is 6.10 Å². The van der Waals surface area contributed by atoms with Gasteiger partial charge in [-0.05, 0) is 24.3 Å². The number of hydrogen-bond acceptors (Lipinski definition) is 6. The van der Waals surface area contributed by atoms with Crippen molar-refractivity contribution in [1.82, 2.24) is 0 Å². The predicted octanol–water partition coefficient (Wildman–Crippen LogP) is 0.126. The summed E-state index contributed by atoms with van der Waals surface area (Å²) in [5.74, 6) is 0. The van der Waals surface area contributed by atoms with E-state index in [2.05, 4.69) is 0 Å². The average Bonchev–Trinajstić information content (AvgIpc) is 2.89. The maximum Gasteiger partial charge on any atom is 0.414 e. The molecule has 3 N–H and O–H groups in total. The molecule has 2 saturated heterocycles. The van der Waals surface area contributed by atoms with Crippen molar-refractivity contribution >= 4 is 17.5 Å². The third kappa shape index (κ3) is 2.80. The van der Waals surface area contributed by atoms with Gasteiger partial charge in [-0.25, -0.2) is 4.79 Å². The number of nitrogens with two attached hydrogens (primary N) is 1. The first-order valence-electron chi connectivity index (χ1n) is 7.00. The molecule has 7 nitrogen and oxygen atoms in total. The van der Waals surface area contributed by atoms with E-state index in [1.807, 2.05) is 29.2 Å². The molecular weight excluding hydrogens is 274 g/mol. The summed E-state index contributed by atoms with van der Waals surface area (Å²) in [6, 6.07) is 7.45. The van der Waals surface area contributed by atoms with Crippen LogP contribution in [0.5, 0.6) is 0 Å². The molecule has 2 aliphatic rings. The first-order chi connectivity index (χ1) is 10.2. The minimum absolute atomic E-state index is 0.252. The van der Waals surface area contributed by atoms with Crippen molar-refractivity contribution < 1.29 is 19.4 Å². The molecule has 2 atom stereocenters. The molecule has 0 aliphatic carbocycles. The van der Waals surface area contributed by atoms with E-state index in [0.717, 1.165) is 11.4 Å². The van der Waals surface area contributed by atoms with Crippen molar-refractivity contribution in [2.45, 2.75) is 12.3 Å². The molecule has 114 valence electrons. The molecule has 1 aromatic carbocycles. The predicted molar refractivity (Wildman–Crippen MR) is 77.3 cm³/mol. The SMILES string of the molecule is NC[C@H]1CN(c2ccc(N3CCOCC3O)cc2)C(=O)O1. The normalized spacial score (nSPS) is 26.1. The van der Waals surface area contributed by atoms with Gasteiger partial charge in [0, 0.05) is 24.5 Å². The van der Waals surface area contributed by atoms with E-state index in [1.165, 1.54) is 0 Å². The fourth-order valence-corrected chi connectivity index (χ4v) is 2.57. The van der Waals surface area contributed by atoms with Crippen LogP contribution in [0.1, 0.15) is 0 Å². The summed E-state index contributed by atoms with van der Waals surface area (Å²) >= 11 is 0. The van der Waals surface area contributed by atoms with Crippen LogP contribution in [0.2, 0.25) is 0 Å². The standard InChI is InChI=1S/C14H19N3O4/c15-7-12-8-17(14(19)21-12)11-3-1-10(2-4-11)16-5-6-20-9-13(16)18/h1-4,12-13,18H,5-9,15H2/t12-,13?/m0/s1. The molecule has 1 unspecified atom stereocenters. The maximum absolute atomic E-state index is 11.8. The monoisotopic (exact) mass is 293 g/mol. The highest BCUT2D eigenvalue weighted by molar-refractivity contribution is 5.90. The van der Waals surface area contributed by atoms with Gasteiger partial charge in [-0.3, -0.25) is 4.90 Å². The molecule has 21 heavy (non-hydrogen) atoms. The van der Waals surface area contributed by atoms with Crippen LogP contribution in [-0.4, -0.2) is 56.4 Å². The molecule has 3 rings (SSSR count). The highest BCUT2D eigenvalue weighted by Gasteiger charge is 2.31. The second-order valence-corrected chi connectivity index (χ2v) is 5.12. The summed E-state index contributed by atoms with van der Waals surface area (Å²) in [6.07, 6.45) is -1.26. The third-order valence-electron chi connectivity index (χ3n) is 3.73. The van der Waals surface area contributed by atoms with Crippen LogP contribution >= 0.6 is 0 Å². The van der Waals surface area contributed by atoms with Gasteiger partial charge < -0.3 is 25.2 Å². The Labute approximate surface area is 122 Å². The van der Waals surface area contributed by atoms with Gasteiger partial charge in [-0.15, -0.1) is 0 Å². The minimum Gasteiger partial charge on any atom is -0.443 e. The molecule has 7 heteroatoms. The quantitative estimate of drug-likeness (QED) is 0.823. The molecule has 2 aliphatic heterocycles. The van der Waals surface area contributed by atoms with Crippen molar-refractivity contribution in [3.05, 3.63) is 24.3 Å². The number of rotatable bonds is 3. The molecular formula is C14H19N3O4. The first-order valence-corrected chi connectivity index (χ1v) is 7.00. The minimum atomic E-state index is -0.636. The number of morpholine rings is 1. The number of nitrogens with zero attached hydrogens (tertiary/aromatic N) is 2. The van der Waals surface area contributed by atoms with Crippen molar-refractivity contribution in [2.75, 3.05) is 42.6 Å². The Balaban J connectivity index is 1.73. The van der Waals surface area contributed by atoms with Crippen LogP contribution in [0.15, 0.2) is 24.3 Å². The lowest BCUT2D eigenvalue weighted by atomic mass is 10.2. The second kappa shape index (κ2) is 5.88. The van der Waals surface area contributed by atoms with E-state index in [1.54, 1.807) is 4.90 Å². The summed E-state index contributed by atoms with van der Waals surface area (Å²) in [4.78, 5) is 15.2. The van der Waals surface area contributed by atoms with Gasteiger partial charge in [-0.2, -0.15) is 0 Å². The molecule has 2 heterocycles. The molecule has 0 saturated carbocycles. The molecule has 2 fully saturated rings. The number of benzene rings is 1. The van der Waals surface area contributed by atoms with Crippen LogP contribution in [0, 0.1) is 0 Å². The smallest absolute Gasteiger partial charge is 0.414 e. The lowest BCUT2D eigenvalue weighted by Crippen LogP contribution is -2.45. The van der Waals surface area contributed by atoms with Crippen LogP contribution in [-0.2, 0) is 9.47 Å². The summed E-state index contributed by atoms with van der Waals surface area (Å²) in [6.45, 7) is 2.32. The highest BCUT2D eigenvalue weighted by Crippen LogP contribution is 2.26. The van der Waals surface area contributed by atoms with Gasteiger partial charge in [0.2, 0.25) is 0 Å². The Morgan fingerprint density at radius 1 is 1.29 bits per heavy atom. The Morgan fingerprint density at radius 3 is 2.62 bits per heavy atom.